The monoisotopic (exact) mass is 392 g/mol. The summed E-state index contributed by atoms with van der Waals surface area (Å²) in [6.45, 7) is 1.21. The van der Waals surface area contributed by atoms with Gasteiger partial charge in [-0.1, -0.05) is 23.2 Å². The van der Waals surface area contributed by atoms with Crippen LogP contribution >= 0.6 is 34.8 Å². The Balaban J connectivity index is 1.97. The van der Waals surface area contributed by atoms with Crippen molar-refractivity contribution in [2.45, 2.75) is 13.0 Å². The summed E-state index contributed by atoms with van der Waals surface area (Å²) in [5.74, 6) is -0.842. The molecule has 0 aliphatic carbocycles. The molecule has 0 saturated carbocycles. The molecular weight excluding hydrogens is 381 g/mol. The van der Waals surface area contributed by atoms with Gasteiger partial charge in [-0.05, 0) is 30.7 Å². The maximum absolute atomic E-state index is 12.0. The fraction of sp³-hybridized carbons (Fsp3) is 0.214. The molecule has 128 valence electrons. The molecule has 0 saturated heterocycles. The molecule has 0 fully saturated rings. The van der Waals surface area contributed by atoms with E-state index in [2.05, 4.69) is 10.3 Å². The molecule has 1 amide bonds. The van der Waals surface area contributed by atoms with Crippen LogP contribution in [-0.2, 0) is 9.53 Å². The van der Waals surface area contributed by atoms with E-state index in [9.17, 15) is 9.59 Å². The van der Waals surface area contributed by atoms with Crippen molar-refractivity contribution >= 4 is 52.4 Å². The topological polar surface area (TPSA) is 109 Å². The van der Waals surface area contributed by atoms with Crippen LogP contribution in [0, 0.1) is 0 Å². The van der Waals surface area contributed by atoms with Crippen molar-refractivity contribution < 1.29 is 23.7 Å². The van der Waals surface area contributed by atoms with E-state index < -0.39 is 18.5 Å². The molecule has 0 aliphatic heterocycles. The number of hydrogen-bond acceptors (Lipinski definition) is 5. The number of nitrogens with two attached hydrogens (primary N) is 1. The Morgan fingerprint density at radius 1 is 1.38 bits per heavy atom. The van der Waals surface area contributed by atoms with Gasteiger partial charge in [-0.2, -0.15) is 4.98 Å². The molecule has 0 aliphatic rings. The van der Waals surface area contributed by atoms with Gasteiger partial charge in [-0.15, -0.1) is 0 Å². The van der Waals surface area contributed by atoms with Crippen molar-refractivity contribution in [1.29, 1.82) is 0 Å². The first kappa shape index (κ1) is 18.4. The summed E-state index contributed by atoms with van der Waals surface area (Å²) in [5, 5.41) is 2.39. The first-order valence-electron chi connectivity index (χ1n) is 6.66. The van der Waals surface area contributed by atoms with Crippen LogP contribution in [0.3, 0.4) is 0 Å². The average Bonchev–Trinajstić information content (AvgIpc) is 3.08. The maximum atomic E-state index is 12.0. The van der Waals surface area contributed by atoms with Crippen LogP contribution in [0.2, 0.25) is 15.2 Å². The zero-order chi connectivity index (χ0) is 17.9. The standard InChI is InChI=1S/C14H12Cl3N3O4/c1-6(7-3-2-4-23-7)19-8(21)5-24-14(22)12-9(15)11(18)10(16)13(17)20-12/h2-4,6H,5H2,1H3,(H2,18,20)(H,19,21)/p+1/t6-/m0/s1. The van der Waals surface area contributed by atoms with Gasteiger partial charge in [0.25, 0.3) is 11.1 Å². The quantitative estimate of drug-likeness (QED) is 0.599. The highest BCUT2D eigenvalue weighted by atomic mass is 35.5. The minimum Gasteiger partial charge on any atom is -0.467 e. The predicted molar refractivity (Wildman–Crippen MR) is 88.0 cm³/mol. The van der Waals surface area contributed by atoms with Crippen molar-refractivity contribution in [2.24, 2.45) is 0 Å². The van der Waals surface area contributed by atoms with E-state index >= 15 is 0 Å². The van der Waals surface area contributed by atoms with Crippen LogP contribution in [0.4, 0.5) is 5.69 Å². The van der Waals surface area contributed by atoms with E-state index in [-0.39, 0.29) is 32.6 Å². The second kappa shape index (κ2) is 7.74. The Morgan fingerprint density at radius 2 is 2.08 bits per heavy atom. The number of hydrogen-bond donors (Lipinski definition) is 2. The van der Waals surface area contributed by atoms with Crippen LogP contribution in [0.1, 0.15) is 29.2 Å². The van der Waals surface area contributed by atoms with Crippen molar-refractivity contribution in [3.05, 3.63) is 45.0 Å². The first-order chi connectivity index (χ1) is 11.3. The molecule has 4 N–H and O–H groups in total. The normalized spacial score (nSPS) is 11.8. The van der Waals surface area contributed by atoms with E-state index in [4.69, 9.17) is 49.7 Å². The second-order valence-corrected chi connectivity index (χ2v) is 5.87. The molecule has 0 aromatic carbocycles. The lowest BCUT2D eigenvalue weighted by Crippen LogP contribution is -2.32. The van der Waals surface area contributed by atoms with Gasteiger partial charge in [0.2, 0.25) is 0 Å². The number of amides is 1. The van der Waals surface area contributed by atoms with Gasteiger partial charge in [0.1, 0.15) is 15.8 Å². The molecule has 10 heteroatoms. The van der Waals surface area contributed by atoms with Crippen molar-refractivity contribution in [3.63, 3.8) is 0 Å². The minimum atomic E-state index is -0.897. The van der Waals surface area contributed by atoms with Crippen molar-refractivity contribution in [3.8, 4) is 0 Å². The summed E-state index contributed by atoms with van der Waals surface area (Å²) in [6, 6.07) is 3.04. The lowest BCUT2D eigenvalue weighted by Gasteiger charge is -2.11. The lowest BCUT2D eigenvalue weighted by molar-refractivity contribution is -0.380. The third-order valence-electron chi connectivity index (χ3n) is 3.01. The fourth-order valence-corrected chi connectivity index (χ4v) is 2.41. The van der Waals surface area contributed by atoms with Gasteiger partial charge >= 0.3 is 11.7 Å². The number of aromatic amines is 1. The van der Waals surface area contributed by atoms with E-state index in [0.29, 0.717) is 5.76 Å². The van der Waals surface area contributed by atoms with Crippen LogP contribution < -0.4 is 16.0 Å². The number of carbonyl (C=O) groups is 2. The summed E-state index contributed by atoms with van der Waals surface area (Å²) in [7, 11) is 0. The third-order valence-corrected chi connectivity index (χ3v) is 4.17. The first-order valence-corrected chi connectivity index (χ1v) is 7.79. The van der Waals surface area contributed by atoms with Gasteiger partial charge < -0.3 is 20.2 Å². The number of halogens is 3. The zero-order valence-electron chi connectivity index (χ0n) is 12.4. The molecule has 24 heavy (non-hydrogen) atoms. The zero-order valence-corrected chi connectivity index (χ0v) is 14.6. The molecule has 0 unspecified atom stereocenters. The number of nitrogen functional groups attached to an aromatic ring is 1. The number of rotatable bonds is 5. The number of esters is 1. The fourth-order valence-electron chi connectivity index (χ4n) is 1.80. The van der Waals surface area contributed by atoms with Gasteiger partial charge in [-0.3, -0.25) is 4.79 Å². The Morgan fingerprint density at radius 3 is 2.71 bits per heavy atom. The molecule has 0 bridgehead atoms. The number of anilines is 1. The number of aromatic nitrogens is 1. The smallest absolute Gasteiger partial charge is 0.405 e. The number of carbonyl (C=O) groups excluding carboxylic acids is 2. The highest BCUT2D eigenvalue weighted by Crippen LogP contribution is 2.32. The largest absolute Gasteiger partial charge is 0.467 e. The van der Waals surface area contributed by atoms with Gasteiger partial charge in [0, 0.05) is 0 Å². The van der Waals surface area contributed by atoms with Crippen molar-refractivity contribution in [1.82, 2.24) is 5.32 Å². The number of ether oxygens (including phenoxy) is 1. The molecule has 0 spiro atoms. The number of nitrogens with one attached hydrogen (secondary N) is 2. The van der Waals surface area contributed by atoms with E-state index in [0.717, 1.165) is 0 Å². The molecule has 2 rings (SSSR count). The van der Waals surface area contributed by atoms with Gasteiger partial charge in [0.15, 0.2) is 6.61 Å². The molecule has 2 aromatic rings. The third kappa shape index (κ3) is 4.11. The van der Waals surface area contributed by atoms with Gasteiger partial charge in [0.05, 0.1) is 18.0 Å². The summed E-state index contributed by atoms with van der Waals surface area (Å²) < 4.78 is 10.0. The molecular formula is C14H13Cl3N3O4+. The highest BCUT2D eigenvalue weighted by molar-refractivity contribution is 6.45. The number of pyridine rings is 1. The Bertz CT molecular complexity index is 765. The molecule has 2 aromatic heterocycles. The highest BCUT2D eigenvalue weighted by Gasteiger charge is 2.28. The number of H-pyrrole nitrogens is 1. The van der Waals surface area contributed by atoms with Crippen LogP contribution in [0.25, 0.3) is 0 Å². The van der Waals surface area contributed by atoms with Crippen molar-refractivity contribution in [2.75, 3.05) is 12.3 Å². The maximum Gasteiger partial charge on any atom is 0.405 e. The van der Waals surface area contributed by atoms with E-state index in [1.807, 2.05) is 0 Å². The summed E-state index contributed by atoms with van der Waals surface area (Å²) in [5.41, 5.74) is 5.37. The summed E-state index contributed by atoms with van der Waals surface area (Å²) >= 11 is 17.5. The second-order valence-electron chi connectivity index (χ2n) is 4.74. The van der Waals surface area contributed by atoms with E-state index in [1.165, 1.54) is 6.26 Å². The molecule has 1 atom stereocenters. The number of furan rings is 1. The molecule has 2 heterocycles. The molecule has 0 radical (unpaired) electrons. The lowest BCUT2D eigenvalue weighted by atomic mass is 10.2. The minimum absolute atomic E-state index is 0.0109. The van der Waals surface area contributed by atoms with Gasteiger partial charge in [-0.25, -0.2) is 4.79 Å². The Labute approximate surface area is 152 Å². The average molecular weight is 394 g/mol. The van der Waals surface area contributed by atoms with Crippen LogP contribution in [-0.4, -0.2) is 18.5 Å². The summed E-state index contributed by atoms with van der Waals surface area (Å²) in [6.07, 6.45) is 1.49. The Hall–Kier alpha value is -1.96. The summed E-state index contributed by atoms with van der Waals surface area (Å²) in [4.78, 5) is 26.3. The SMILES string of the molecule is C[C@H](NC(=O)COC(=O)c1[nH+]c(Cl)c(Cl)c(N)c1Cl)c1ccco1. The molecule has 7 nitrogen and oxygen atoms in total. The van der Waals surface area contributed by atoms with Crippen LogP contribution in [0.15, 0.2) is 22.8 Å². The van der Waals surface area contributed by atoms with E-state index in [1.54, 1.807) is 19.1 Å². The Kier molecular flexibility index (Phi) is 5.93. The van der Waals surface area contributed by atoms with Crippen LogP contribution in [0.5, 0.6) is 0 Å². The predicted octanol–water partition coefficient (Wildman–Crippen LogP) is 2.67.